The summed E-state index contributed by atoms with van der Waals surface area (Å²) in [7, 11) is 2.15. The number of carbonyl (C=O) groups excluding carboxylic acids is 1. The molecule has 144 valence electrons. The number of nitrogens with zero attached hydrogens (tertiary/aromatic N) is 5. The zero-order valence-electron chi connectivity index (χ0n) is 16.4. The maximum atomic E-state index is 12.4. The molecule has 0 aliphatic carbocycles. The van der Waals surface area contributed by atoms with E-state index in [1.807, 2.05) is 12.1 Å². The van der Waals surface area contributed by atoms with Gasteiger partial charge < -0.3 is 20.0 Å². The van der Waals surface area contributed by atoms with Crippen LogP contribution in [-0.4, -0.2) is 67.1 Å². The Hall–Kier alpha value is -2.67. The van der Waals surface area contributed by atoms with Crippen LogP contribution in [0.5, 0.6) is 0 Å². The van der Waals surface area contributed by atoms with Crippen molar-refractivity contribution in [2.75, 3.05) is 61.4 Å². The van der Waals surface area contributed by atoms with Crippen molar-refractivity contribution in [3.05, 3.63) is 42.4 Å². The van der Waals surface area contributed by atoms with E-state index in [0.717, 1.165) is 50.8 Å². The lowest BCUT2D eigenvalue weighted by molar-refractivity contribution is 0.102. The zero-order valence-corrected chi connectivity index (χ0v) is 16.4. The zero-order chi connectivity index (χ0) is 19.2. The van der Waals surface area contributed by atoms with Gasteiger partial charge in [0.2, 0.25) is 0 Å². The van der Waals surface area contributed by atoms with E-state index in [1.165, 1.54) is 11.9 Å². The van der Waals surface area contributed by atoms with Crippen LogP contribution >= 0.6 is 0 Å². The number of hydrogen-bond donors (Lipinski definition) is 1. The summed E-state index contributed by atoms with van der Waals surface area (Å²) in [5, 5.41) is 2.89. The normalized spacial score (nSPS) is 14.9. The average Bonchev–Trinajstić information content (AvgIpc) is 2.71. The highest BCUT2D eigenvalue weighted by Crippen LogP contribution is 2.19. The summed E-state index contributed by atoms with van der Waals surface area (Å²) < 4.78 is 0. The van der Waals surface area contributed by atoms with Crippen LogP contribution in [0.4, 0.5) is 17.2 Å². The van der Waals surface area contributed by atoms with Gasteiger partial charge in [-0.3, -0.25) is 4.79 Å². The van der Waals surface area contributed by atoms with E-state index < -0.39 is 0 Å². The molecule has 0 bridgehead atoms. The van der Waals surface area contributed by atoms with E-state index in [2.05, 4.69) is 63.0 Å². The number of benzene rings is 1. The first-order chi connectivity index (χ1) is 13.1. The molecule has 1 N–H and O–H groups in total. The summed E-state index contributed by atoms with van der Waals surface area (Å²) in [6.45, 7) is 10.0. The summed E-state index contributed by atoms with van der Waals surface area (Å²) in [6.07, 6.45) is 3.18. The van der Waals surface area contributed by atoms with Crippen molar-refractivity contribution in [3.8, 4) is 0 Å². The van der Waals surface area contributed by atoms with Crippen LogP contribution < -0.4 is 15.1 Å². The lowest BCUT2D eigenvalue weighted by atomic mass is 10.2. The maximum Gasteiger partial charge on any atom is 0.275 e. The Morgan fingerprint density at radius 1 is 1.04 bits per heavy atom. The molecule has 1 aromatic carbocycles. The van der Waals surface area contributed by atoms with Crippen molar-refractivity contribution in [1.82, 2.24) is 14.9 Å². The predicted octanol–water partition coefficient (Wildman–Crippen LogP) is 2.33. The molecule has 1 fully saturated rings. The van der Waals surface area contributed by atoms with Gasteiger partial charge in [-0.2, -0.15) is 0 Å². The largest absolute Gasteiger partial charge is 0.369 e. The van der Waals surface area contributed by atoms with E-state index >= 15 is 0 Å². The van der Waals surface area contributed by atoms with E-state index in [4.69, 9.17) is 0 Å². The molecule has 3 rings (SSSR count). The fraction of sp³-hybridized carbons (Fsp3) is 0.450. The molecule has 1 aromatic heterocycles. The molecule has 0 spiro atoms. The first kappa shape index (κ1) is 19.1. The number of anilines is 3. The van der Waals surface area contributed by atoms with Crippen LogP contribution in [0.25, 0.3) is 0 Å². The Bertz CT molecular complexity index is 734. The Labute approximate surface area is 161 Å². The average molecular weight is 368 g/mol. The molecule has 0 atom stereocenters. The van der Waals surface area contributed by atoms with E-state index in [0.29, 0.717) is 5.69 Å². The van der Waals surface area contributed by atoms with Crippen LogP contribution in [0, 0.1) is 0 Å². The molecule has 1 aliphatic rings. The van der Waals surface area contributed by atoms with Gasteiger partial charge in [0.1, 0.15) is 11.5 Å². The molecular weight excluding hydrogens is 340 g/mol. The van der Waals surface area contributed by atoms with Crippen molar-refractivity contribution in [3.63, 3.8) is 0 Å². The lowest BCUT2D eigenvalue weighted by Gasteiger charge is -2.34. The van der Waals surface area contributed by atoms with E-state index in [1.54, 1.807) is 6.20 Å². The Kier molecular flexibility index (Phi) is 6.24. The number of amides is 1. The standard InChI is InChI=1S/C20H28N6O/c1-4-25(5-2)19-15-21-18(14-22-19)20(27)23-16-6-8-17(9-7-16)26-12-10-24(3)11-13-26/h6-9,14-15H,4-5,10-13H2,1-3H3,(H,23,27). The molecule has 1 amide bonds. The number of likely N-dealkylation sites (N-methyl/N-ethyl adjacent to an activating group) is 1. The molecule has 2 heterocycles. The van der Waals surface area contributed by atoms with Gasteiger partial charge >= 0.3 is 0 Å². The van der Waals surface area contributed by atoms with Crippen molar-refractivity contribution in [1.29, 1.82) is 0 Å². The molecule has 27 heavy (non-hydrogen) atoms. The maximum absolute atomic E-state index is 12.4. The monoisotopic (exact) mass is 368 g/mol. The first-order valence-corrected chi connectivity index (χ1v) is 9.52. The number of piperazine rings is 1. The SMILES string of the molecule is CCN(CC)c1cnc(C(=O)Nc2ccc(N3CCN(C)CC3)cc2)cn1. The number of hydrogen-bond acceptors (Lipinski definition) is 6. The van der Waals surface area contributed by atoms with Crippen LogP contribution in [0.15, 0.2) is 36.7 Å². The Morgan fingerprint density at radius 3 is 2.26 bits per heavy atom. The van der Waals surface area contributed by atoms with Gasteiger partial charge in [0.25, 0.3) is 5.91 Å². The van der Waals surface area contributed by atoms with Crippen molar-refractivity contribution < 1.29 is 4.79 Å². The van der Waals surface area contributed by atoms with E-state index in [-0.39, 0.29) is 5.91 Å². The molecule has 1 saturated heterocycles. The topological polar surface area (TPSA) is 64.6 Å². The van der Waals surface area contributed by atoms with Gasteiger partial charge in [-0.15, -0.1) is 0 Å². The molecule has 0 unspecified atom stereocenters. The summed E-state index contributed by atoms with van der Waals surface area (Å²) in [5.41, 5.74) is 2.26. The minimum absolute atomic E-state index is 0.249. The summed E-state index contributed by atoms with van der Waals surface area (Å²) in [5.74, 6) is 0.536. The highest BCUT2D eigenvalue weighted by atomic mass is 16.1. The van der Waals surface area contributed by atoms with Gasteiger partial charge in [-0.05, 0) is 45.2 Å². The first-order valence-electron chi connectivity index (χ1n) is 9.52. The molecule has 1 aliphatic heterocycles. The quantitative estimate of drug-likeness (QED) is 0.844. The Morgan fingerprint density at radius 2 is 1.70 bits per heavy atom. The van der Waals surface area contributed by atoms with Crippen molar-refractivity contribution >= 4 is 23.1 Å². The molecule has 7 nitrogen and oxygen atoms in total. The minimum atomic E-state index is -0.249. The second kappa shape index (κ2) is 8.81. The number of rotatable bonds is 6. The fourth-order valence-corrected chi connectivity index (χ4v) is 3.16. The third kappa shape index (κ3) is 4.74. The smallest absolute Gasteiger partial charge is 0.275 e. The molecule has 0 radical (unpaired) electrons. The number of carbonyl (C=O) groups is 1. The number of aromatic nitrogens is 2. The molecule has 2 aromatic rings. The summed E-state index contributed by atoms with van der Waals surface area (Å²) >= 11 is 0. The summed E-state index contributed by atoms with van der Waals surface area (Å²) in [4.78, 5) is 27.8. The van der Waals surface area contributed by atoms with Crippen molar-refractivity contribution in [2.24, 2.45) is 0 Å². The second-order valence-electron chi connectivity index (χ2n) is 6.72. The van der Waals surface area contributed by atoms with Crippen LogP contribution in [0.3, 0.4) is 0 Å². The number of nitrogens with one attached hydrogen (secondary N) is 1. The van der Waals surface area contributed by atoms with Gasteiger partial charge in [0.15, 0.2) is 0 Å². The lowest BCUT2D eigenvalue weighted by Crippen LogP contribution is -2.44. The third-order valence-electron chi connectivity index (χ3n) is 4.95. The second-order valence-corrected chi connectivity index (χ2v) is 6.72. The minimum Gasteiger partial charge on any atom is -0.369 e. The molecule has 0 saturated carbocycles. The molecular formula is C20H28N6O. The van der Waals surface area contributed by atoms with Crippen molar-refractivity contribution in [2.45, 2.75) is 13.8 Å². The van der Waals surface area contributed by atoms with Crippen LogP contribution in [0.2, 0.25) is 0 Å². The van der Waals surface area contributed by atoms with Gasteiger partial charge in [0, 0.05) is 50.6 Å². The van der Waals surface area contributed by atoms with E-state index in [9.17, 15) is 4.79 Å². The predicted molar refractivity (Wildman–Crippen MR) is 110 cm³/mol. The highest BCUT2D eigenvalue weighted by molar-refractivity contribution is 6.02. The summed E-state index contributed by atoms with van der Waals surface area (Å²) in [6, 6.07) is 7.97. The third-order valence-corrected chi connectivity index (χ3v) is 4.95. The fourth-order valence-electron chi connectivity index (χ4n) is 3.16. The van der Waals surface area contributed by atoms with Crippen LogP contribution in [-0.2, 0) is 0 Å². The van der Waals surface area contributed by atoms with Crippen LogP contribution in [0.1, 0.15) is 24.3 Å². The van der Waals surface area contributed by atoms with Gasteiger partial charge in [-0.1, -0.05) is 0 Å². The highest BCUT2D eigenvalue weighted by Gasteiger charge is 2.15. The Balaban J connectivity index is 1.60. The van der Waals surface area contributed by atoms with Gasteiger partial charge in [0.05, 0.1) is 12.4 Å². The van der Waals surface area contributed by atoms with Gasteiger partial charge in [-0.25, -0.2) is 9.97 Å². The molecule has 7 heteroatoms.